The second-order valence-corrected chi connectivity index (χ2v) is 19.1. The van der Waals surface area contributed by atoms with Crippen LogP contribution in [-0.4, -0.2) is 118 Å². The summed E-state index contributed by atoms with van der Waals surface area (Å²) in [5, 5.41) is 7.92. The first kappa shape index (κ1) is 40.9. The lowest BCUT2D eigenvalue weighted by Gasteiger charge is -2.26. The minimum atomic E-state index is 1.29. The molecule has 0 radical (unpaired) electrons. The summed E-state index contributed by atoms with van der Waals surface area (Å²) in [6, 6.07) is 30.7. The van der Waals surface area contributed by atoms with E-state index in [4.69, 9.17) is 0 Å². The van der Waals surface area contributed by atoms with Crippen LogP contribution in [0.3, 0.4) is 0 Å². The van der Waals surface area contributed by atoms with Crippen molar-refractivity contribution in [3.8, 4) is 44.5 Å². The molecule has 0 amide bonds. The zero-order valence-electron chi connectivity index (χ0n) is 38.4. The molecule has 0 fully saturated rings. The molecular formula is C44H43B15S. The highest BCUT2D eigenvalue weighted by atomic mass is 32.1. The van der Waals surface area contributed by atoms with Gasteiger partial charge in [-0.15, -0.1) is 60.5 Å². The molecule has 9 rings (SSSR count). The van der Waals surface area contributed by atoms with Crippen molar-refractivity contribution in [2.45, 2.75) is 0 Å². The summed E-state index contributed by atoms with van der Waals surface area (Å²) in [6.07, 6.45) is 0. The quantitative estimate of drug-likeness (QED) is 0.124. The molecule has 0 aliphatic carbocycles. The highest BCUT2D eigenvalue weighted by Gasteiger charge is 2.25. The molecule has 270 valence electrons. The van der Waals surface area contributed by atoms with Crippen LogP contribution in [0.25, 0.3) is 86.2 Å². The predicted octanol–water partition coefficient (Wildman–Crippen LogP) is -13.1. The van der Waals surface area contributed by atoms with Gasteiger partial charge in [-0.3, -0.25) is 0 Å². The minimum Gasteiger partial charge on any atom is -0.135 e. The molecule has 0 aliphatic heterocycles. The molecule has 0 N–H and O–H groups in total. The van der Waals surface area contributed by atoms with Gasteiger partial charge in [-0.05, 0) is 78.2 Å². The highest BCUT2D eigenvalue weighted by molar-refractivity contribution is 7.26. The fourth-order valence-corrected chi connectivity index (χ4v) is 12.1. The molecule has 0 saturated heterocycles. The highest BCUT2D eigenvalue weighted by Crippen LogP contribution is 2.49. The maximum absolute atomic E-state index is 2.55. The lowest BCUT2D eigenvalue weighted by Crippen LogP contribution is -2.55. The van der Waals surface area contributed by atoms with E-state index in [0.717, 1.165) is 0 Å². The minimum absolute atomic E-state index is 1.29. The van der Waals surface area contributed by atoms with Crippen molar-refractivity contribution in [3.63, 3.8) is 0 Å². The summed E-state index contributed by atoms with van der Waals surface area (Å²) in [5.74, 6) is 0. The van der Waals surface area contributed by atoms with Crippen LogP contribution in [-0.2, 0) is 0 Å². The van der Waals surface area contributed by atoms with Gasteiger partial charge in [0.15, 0.2) is 0 Å². The second-order valence-electron chi connectivity index (χ2n) is 18.0. The molecule has 0 unspecified atom stereocenters. The van der Waals surface area contributed by atoms with E-state index in [2.05, 4.69) is 197 Å². The first-order chi connectivity index (χ1) is 28.6. The molecular weight excluding hydrogens is 723 g/mol. The average molecular weight is 766 g/mol. The van der Waals surface area contributed by atoms with E-state index in [1.165, 1.54) is 168 Å². The van der Waals surface area contributed by atoms with Crippen LogP contribution < -0.4 is 81.9 Å². The summed E-state index contributed by atoms with van der Waals surface area (Å²) in [6.45, 7) is 0. The Balaban J connectivity index is 1.46. The third-order valence-corrected chi connectivity index (χ3v) is 16.8. The molecule has 9 aromatic rings. The molecule has 0 saturated carbocycles. The Bertz CT molecular complexity index is 3300. The SMILES string of the molecule is Bc1c(B)c(B)c(-c2ccc3c(-c4cccc5sc6c(-c7c(B)c(B)c(B)c(B)c7B)cccc6c45)c4ccccc4c(-c4c(B)c(B)c(B)c(B)c4B)c3c2)c(B)c1B. The molecule has 0 atom stereocenters. The molecule has 1 aromatic heterocycles. The van der Waals surface area contributed by atoms with E-state index in [1.807, 2.05) is 11.3 Å². The Labute approximate surface area is 373 Å². The monoisotopic (exact) mass is 768 g/mol. The van der Waals surface area contributed by atoms with E-state index < -0.39 is 0 Å². The fraction of sp³-hybridized carbons (Fsp3) is 0. The fourth-order valence-electron chi connectivity index (χ4n) is 10.9. The van der Waals surface area contributed by atoms with E-state index >= 15 is 0 Å². The van der Waals surface area contributed by atoms with Gasteiger partial charge in [0.1, 0.15) is 118 Å². The Morgan fingerprint density at radius 1 is 0.283 bits per heavy atom. The number of fused-ring (bicyclic) bond motifs is 5. The number of hydrogen-bond acceptors (Lipinski definition) is 1. The number of benzene rings is 8. The summed E-state index contributed by atoms with van der Waals surface area (Å²) in [5.41, 5.74) is 31.6. The van der Waals surface area contributed by atoms with Crippen molar-refractivity contribution in [2.24, 2.45) is 0 Å². The van der Waals surface area contributed by atoms with Gasteiger partial charge in [-0.1, -0.05) is 99.5 Å². The first-order valence-corrected chi connectivity index (χ1v) is 22.5. The average Bonchev–Trinajstić information content (AvgIpc) is 3.65. The van der Waals surface area contributed by atoms with Crippen molar-refractivity contribution in [3.05, 3.63) is 78.9 Å². The van der Waals surface area contributed by atoms with Crippen LogP contribution in [0.15, 0.2) is 78.9 Å². The zero-order chi connectivity index (χ0) is 42.8. The first-order valence-electron chi connectivity index (χ1n) is 21.7. The van der Waals surface area contributed by atoms with Crippen LogP contribution >= 0.6 is 11.3 Å². The molecule has 0 spiro atoms. The molecule has 16 heteroatoms. The second kappa shape index (κ2) is 14.8. The van der Waals surface area contributed by atoms with Gasteiger partial charge in [0.25, 0.3) is 0 Å². The summed E-state index contributed by atoms with van der Waals surface area (Å²) in [4.78, 5) is 0. The Hall–Kier alpha value is -4.53. The molecule has 0 aliphatic rings. The molecule has 1 heterocycles. The van der Waals surface area contributed by atoms with E-state index in [0.29, 0.717) is 0 Å². The summed E-state index contributed by atoms with van der Waals surface area (Å²) >= 11 is 1.95. The third kappa shape index (κ3) is 5.79. The van der Waals surface area contributed by atoms with E-state index in [-0.39, 0.29) is 0 Å². The smallest absolute Gasteiger partial charge is 0.135 e. The van der Waals surface area contributed by atoms with Gasteiger partial charge >= 0.3 is 0 Å². The topological polar surface area (TPSA) is 0 Å². The number of rotatable bonds is 4. The standard InChI is InChI=1S/C44H43B15S/c45-29-23(30(46)36(52)41(57)35(29)51)14-11-12-17-21(13-14)26(28-33(49)39(55)43(59)40(56)34(28)50)16-6-2-1-5-15(16)24(17)18-7-4-10-22-25(18)19-8-3-9-20(44(19)60-22)27-31(47)37(53)42(58)38(54)32(27)48/h1-13H,45-59H2. The number of thiophene rings is 1. The van der Waals surface area contributed by atoms with Crippen LogP contribution in [0.5, 0.6) is 0 Å². The Morgan fingerprint density at radius 3 is 1.25 bits per heavy atom. The molecule has 8 aromatic carbocycles. The largest absolute Gasteiger partial charge is 0.139 e. The van der Waals surface area contributed by atoms with Crippen LogP contribution in [0.2, 0.25) is 0 Å². The van der Waals surface area contributed by atoms with Crippen molar-refractivity contribution < 1.29 is 0 Å². The Kier molecular flexibility index (Phi) is 10.1. The molecule has 0 bridgehead atoms. The molecule has 0 nitrogen and oxygen atoms in total. The van der Waals surface area contributed by atoms with Crippen LogP contribution in [0, 0.1) is 0 Å². The van der Waals surface area contributed by atoms with Gasteiger partial charge in [0, 0.05) is 20.2 Å². The Morgan fingerprint density at radius 2 is 0.700 bits per heavy atom. The van der Waals surface area contributed by atoms with Gasteiger partial charge in [0.2, 0.25) is 0 Å². The predicted molar refractivity (Wildman–Crippen MR) is 319 cm³/mol. The maximum Gasteiger partial charge on any atom is 0.139 e. The maximum atomic E-state index is 2.55. The van der Waals surface area contributed by atoms with Gasteiger partial charge in [-0.2, -0.15) is 0 Å². The third-order valence-electron chi connectivity index (χ3n) is 15.6. The number of hydrogen-bond donors (Lipinski definition) is 0. The summed E-state index contributed by atoms with van der Waals surface area (Å²) < 4.78 is 2.70. The van der Waals surface area contributed by atoms with Crippen LogP contribution in [0.1, 0.15) is 0 Å². The lowest BCUT2D eigenvalue weighted by atomic mass is 9.59. The normalized spacial score (nSPS) is 11.7. The summed E-state index contributed by atoms with van der Waals surface area (Å²) in [7, 11) is 34.6. The van der Waals surface area contributed by atoms with Gasteiger partial charge in [-0.25, -0.2) is 0 Å². The van der Waals surface area contributed by atoms with Crippen molar-refractivity contribution in [1.29, 1.82) is 0 Å². The van der Waals surface area contributed by atoms with Crippen molar-refractivity contribution >= 4 is 253 Å². The van der Waals surface area contributed by atoms with Gasteiger partial charge < -0.3 is 0 Å². The lowest BCUT2D eigenvalue weighted by molar-refractivity contribution is 1.71. The van der Waals surface area contributed by atoms with E-state index in [9.17, 15) is 0 Å². The van der Waals surface area contributed by atoms with Gasteiger partial charge in [0.05, 0.1) is 0 Å². The van der Waals surface area contributed by atoms with E-state index in [1.54, 1.807) is 0 Å². The van der Waals surface area contributed by atoms with Crippen molar-refractivity contribution in [2.75, 3.05) is 0 Å². The van der Waals surface area contributed by atoms with Crippen molar-refractivity contribution in [1.82, 2.24) is 0 Å². The molecule has 60 heavy (non-hydrogen) atoms. The zero-order valence-corrected chi connectivity index (χ0v) is 39.2. The van der Waals surface area contributed by atoms with Crippen LogP contribution in [0.4, 0.5) is 0 Å².